The summed E-state index contributed by atoms with van der Waals surface area (Å²) in [5, 5.41) is 1.16. The predicted molar refractivity (Wildman–Crippen MR) is 78.8 cm³/mol. The van der Waals surface area contributed by atoms with Crippen LogP contribution in [0.5, 0.6) is 0 Å². The van der Waals surface area contributed by atoms with Crippen LogP contribution in [-0.4, -0.2) is 30.4 Å². The van der Waals surface area contributed by atoms with Gasteiger partial charge < -0.3 is 14.0 Å². The molecule has 1 aromatic heterocycles. The Kier molecular flexibility index (Phi) is 5.18. The van der Waals surface area contributed by atoms with Crippen molar-refractivity contribution in [3.63, 3.8) is 0 Å². The van der Waals surface area contributed by atoms with Gasteiger partial charge in [-0.3, -0.25) is 4.79 Å². The summed E-state index contributed by atoms with van der Waals surface area (Å²) in [4.78, 5) is 11.7. The van der Waals surface area contributed by atoms with E-state index in [2.05, 4.69) is 25.1 Å². The highest BCUT2D eigenvalue weighted by Crippen LogP contribution is 2.18. The van der Waals surface area contributed by atoms with Crippen molar-refractivity contribution in [2.75, 3.05) is 19.8 Å². The molecule has 0 aliphatic carbocycles. The number of esters is 1. The molecule has 0 bridgehead atoms. The highest BCUT2D eigenvalue weighted by Gasteiger charge is 2.07. The van der Waals surface area contributed by atoms with Gasteiger partial charge in [0.1, 0.15) is 13.2 Å². The molecule has 0 unspecified atom stereocenters. The van der Waals surface area contributed by atoms with Gasteiger partial charge in [-0.05, 0) is 42.5 Å². The molecular weight excluding hydrogens is 254 g/mol. The van der Waals surface area contributed by atoms with Crippen LogP contribution in [0, 0.1) is 0 Å². The average Bonchev–Trinajstić information content (AvgIpc) is 2.86. The number of carbonyl (C=O) groups is 1. The first-order valence-corrected chi connectivity index (χ1v) is 7.05. The molecule has 0 spiro atoms. The number of hydrogen-bond acceptors (Lipinski definition) is 3. The number of fused-ring (bicyclic) bond motifs is 1. The maximum Gasteiger partial charge on any atom is 0.326 e. The first-order chi connectivity index (χ1) is 9.74. The summed E-state index contributed by atoms with van der Waals surface area (Å²) >= 11 is 0. The van der Waals surface area contributed by atoms with Crippen molar-refractivity contribution in [2.24, 2.45) is 0 Å². The second-order valence-electron chi connectivity index (χ2n) is 4.61. The highest BCUT2D eigenvalue weighted by atomic mass is 16.6. The van der Waals surface area contributed by atoms with Crippen molar-refractivity contribution >= 4 is 16.9 Å². The lowest BCUT2D eigenvalue weighted by Gasteiger charge is -2.07. The molecule has 4 nitrogen and oxygen atoms in total. The van der Waals surface area contributed by atoms with Crippen molar-refractivity contribution in [2.45, 2.75) is 26.8 Å². The van der Waals surface area contributed by atoms with E-state index in [0.29, 0.717) is 19.8 Å². The lowest BCUT2D eigenvalue weighted by molar-refractivity contribution is -0.145. The lowest BCUT2D eigenvalue weighted by Crippen LogP contribution is -2.15. The zero-order valence-corrected chi connectivity index (χ0v) is 12.1. The van der Waals surface area contributed by atoms with E-state index in [0.717, 1.165) is 17.3 Å². The zero-order chi connectivity index (χ0) is 14.4. The molecule has 4 heteroatoms. The van der Waals surface area contributed by atoms with Crippen LogP contribution in [0.3, 0.4) is 0 Å². The summed E-state index contributed by atoms with van der Waals surface area (Å²) < 4.78 is 12.2. The number of ether oxygens (including phenoxy) is 2. The normalized spacial score (nSPS) is 10.9. The van der Waals surface area contributed by atoms with E-state index in [-0.39, 0.29) is 12.5 Å². The van der Waals surface area contributed by atoms with Crippen LogP contribution < -0.4 is 0 Å². The Morgan fingerprint density at radius 1 is 1.20 bits per heavy atom. The van der Waals surface area contributed by atoms with Gasteiger partial charge in [-0.25, -0.2) is 0 Å². The second kappa shape index (κ2) is 7.10. The van der Waals surface area contributed by atoms with Gasteiger partial charge >= 0.3 is 5.97 Å². The number of benzene rings is 1. The van der Waals surface area contributed by atoms with Crippen molar-refractivity contribution in [3.05, 3.63) is 36.0 Å². The van der Waals surface area contributed by atoms with Gasteiger partial charge in [0.25, 0.3) is 0 Å². The van der Waals surface area contributed by atoms with Crippen LogP contribution in [0.1, 0.15) is 19.4 Å². The Hall–Kier alpha value is -1.81. The van der Waals surface area contributed by atoms with Crippen LogP contribution in [-0.2, 0) is 27.2 Å². The Balaban J connectivity index is 1.97. The fraction of sp³-hybridized carbons (Fsp3) is 0.438. The van der Waals surface area contributed by atoms with E-state index in [1.54, 1.807) is 0 Å². The molecule has 2 aromatic rings. The largest absolute Gasteiger partial charge is 0.462 e. The maximum absolute atomic E-state index is 11.7. The molecular formula is C16H21NO3. The summed E-state index contributed by atoms with van der Waals surface area (Å²) in [6, 6.07) is 8.34. The number of nitrogens with zero attached hydrogens (tertiary/aromatic N) is 1. The first-order valence-electron chi connectivity index (χ1n) is 7.05. The van der Waals surface area contributed by atoms with Crippen molar-refractivity contribution in [3.8, 4) is 0 Å². The van der Waals surface area contributed by atoms with Crippen LogP contribution in [0.4, 0.5) is 0 Å². The van der Waals surface area contributed by atoms with Gasteiger partial charge in [-0.1, -0.05) is 13.0 Å². The molecule has 0 atom stereocenters. The number of carbonyl (C=O) groups excluding carboxylic acids is 1. The van der Waals surface area contributed by atoms with Gasteiger partial charge in [-0.15, -0.1) is 0 Å². The summed E-state index contributed by atoms with van der Waals surface area (Å²) in [6.07, 6.45) is 2.94. The standard InChI is InChI=1S/C16H21NO3/c1-3-13-5-6-15-14(11-13)7-8-17(15)12-16(18)20-10-9-19-4-2/h5-8,11H,3-4,9-10,12H2,1-2H3. The third kappa shape index (κ3) is 3.61. The van der Waals surface area contributed by atoms with E-state index in [1.807, 2.05) is 23.8 Å². The van der Waals surface area contributed by atoms with E-state index in [9.17, 15) is 4.79 Å². The second-order valence-corrected chi connectivity index (χ2v) is 4.61. The third-order valence-electron chi connectivity index (χ3n) is 3.24. The molecule has 1 aromatic carbocycles. The van der Waals surface area contributed by atoms with Crippen molar-refractivity contribution < 1.29 is 14.3 Å². The molecule has 108 valence electrons. The SMILES string of the molecule is CCOCCOC(=O)Cn1ccc2cc(CC)ccc21. The molecule has 1 heterocycles. The van der Waals surface area contributed by atoms with Gasteiger partial charge in [0, 0.05) is 18.3 Å². The maximum atomic E-state index is 11.7. The van der Waals surface area contributed by atoms with Crippen LogP contribution in [0.15, 0.2) is 30.5 Å². The minimum Gasteiger partial charge on any atom is -0.462 e. The molecule has 0 aliphatic rings. The smallest absolute Gasteiger partial charge is 0.326 e. The molecule has 0 radical (unpaired) electrons. The van der Waals surface area contributed by atoms with E-state index < -0.39 is 0 Å². The molecule has 0 aliphatic heterocycles. The predicted octanol–water partition coefficient (Wildman–Crippen LogP) is 2.78. The van der Waals surface area contributed by atoms with Crippen LogP contribution in [0.2, 0.25) is 0 Å². The van der Waals surface area contributed by atoms with E-state index >= 15 is 0 Å². The Morgan fingerprint density at radius 3 is 2.80 bits per heavy atom. The Bertz CT molecular complexity index is 574. The molecule has 0 amide bonds. The summed E-state index contributed by atoms with van der Waals surface area (Å²) in [5.74, 6) is -0.234. The Morgan fingerprint density at radius 2 is 2.05 bits per heavy atom. The van der Waals surface area contributed by atoms with Crippen molar-refractivity contribution in [1.29, 1.82) is 0 Å². The van der Waals surface area contributed by atoms with Gasteiger partial charge in [-0.2, -0.15) is 0 Å². The quantitative estimate of drug-likeness (QED) is 0.576. The Labute approximate surface area is 119 Å². The first kappa shape index (κ1) is 14.6. The summed E-state index contributed by atoms with van der Waals surface area (Å²) in [7, 11) is 0. The van der Waals surface area contributed by atoms with Crippen LogP contribution >= 0.6 is 0 Å². The third-order valence-corrected chi connectivity index (χ3v) is 3.24. The lowest BCUT2D eigenvalue weighted by atomic mass is 10.1. The highest BCUT2D eigenvalue weighted by molar-refractivity contribution is 5.82. The van der Waals surface area contributed by atoms with Crippen LogP contribution in [0.25, 0.3) is 10.9 Å². The fourth-order valence-electron chi connectivity index (χ4n) is 2.15. The number of aromatic nitrogens is 1. The topological polar surface area (TPSA) is 40.5 Å². The van der Waals surface area contributed by atoms with Gasteiger partial charge in [0.05, 0.1) is 6.61 Å². The van der Waals surface area contributed by atoms with Gasteiger partial charge in [0.15, 0.2) is 0 Å². The number of aryl methyl sites for hydroxylation is 1. The van der Waals surface area contributed by atoms with E-state index in [4.69, 9.17) is 9.47 Å². The molecule has 20 heavy (non-hydrogen) atoms. The molecule has 0 saturated carbocycles. The zero-order valence-electron chi connectivity index (χ0n) is 12.1. The molecule has 2 rings (SSSR count). The summed E-state index contributed by atoms with van der Waals surface area (Å²) in [6.45, 7) is 5.69. The fourth-order valence-corrected chi connectivity index (χ4v) is 2.15. The monoisotopic (exact) mass is 275 g/mol. The van der Waals surface area contributed by atoms with E-state index in [1.165, 1.54) is 5.56 Å². The molecule has 0 fully saturated rings. The minimum atomic E-state index is -0.234. The summed E-state index contributed by atoms with van der Waals surface area (Å²) in [5.41, 5.74) is 2.36. The minimum absolute atomic E-state index is 0.234. The number of hydrogen-bond donors (Lipinski definition) is 0. The molecule has 0 saturated heterocycles. The average molecular weight is 275 g/mol. The van der Waals surface area contributed by atoms with Gasteiger partial charge in [0.2, 0.25) is 0 Å². The molecule has 0 N–H and O–H groups in total. The number of rotatable bonds is 7. The van der Waals surface area contributed by atoms with Crippen molar-refractivity contribution in [1.82, 2.24) is 4.57 Å².